The summed E-state index contributed by atoms with van der Waals surface area (Å²) in [5, 5.41) is 4.72. The SMILES string of the molecule is O=C(NCCCOP(=O)(O)O)c1ccc2ccccc2c1. The highest BCUT2D eigenvalue weighted by atomic mass is 31.2. The minimum atomic E-state index is -4.43. The molecule has 0 spiro atoms. The van der Waals surface area contributed by atoms with E-state index in [1.807, 2.05) is 30.3 Å². The lowest BCUT2D eigenvalue weighted by molar-refractivity contribution is 0.0951. The van der Waals surface area contributed by atoms with Gasteiger partial charge in [0.15, 0.2) is 0 Å². The molecular formula is C14H16NO5P. The molecular weight excluding hydrogens is 293 g/mol. The summed E-state index contributed by atoms with van der Waals surface area (Å²) in [4.78, 5) is 29.0. The van der Waals surface area contributed by atoms with E-state index < -0.39 is 7.82 Å². The van der Waals surface area contributed by atoms with Gasteiger partial charge >= 0.3 is 7.82 Å². The molecule has 2 rings (SSSR count). The highest BCUT2D eigenvalue weighted by Crippen LogP contribution is 2.35. The van der Waals surface area contributed by atoms with Crippen molar-refractivity contribution in [3.05, 3.63) is 48.0 Å². The lowest BCUT2D eigenvalue weighted by atomic mass is 10.1. The number of carbonyl (C=O) groups excluding carboxylic acids is 1. The van der Waals surface area contributed by atoms with Gasteiger partial charge < -0.3 is 15.1 Å². The molecule has 0 unspecified atom stereocenters. The predicted octanol–water partition coefficient (Wildman–Crippen LogP) is 2.07. The number of fused-ring (bicyclic) bond motifs is 1. The molecule has 0 heterocycles. The Kier molecular flexibility index (Phi) is 5.09. The zero-order valence-electron chi connectivity index (χ0n) is 11.2. The Morgan fingerprint density at radius 3 is 2.57 bits per heavy atom. The third-order valence-electron chi connectivity index (χ3n) is 2.88. The number of phosphoric ester groups is 1. The smallest absolute Gasteiger partial charge is 0.352 e. The third-order valence-corrected chi connectivity index (χ3v) is 3.40. The van der Waals surface area contributed by atoms with Crippen LogP contribution in [-0.4, -0.2) is 28.8 Å². The Morgan fingerprint density at radius 1 is 1.14 bits per heavy atom. The number of benzene rings is 2. The summed E-state index contributed by atoms with van der Waals surface area (Å²) in [5.41, 5.74) is 0.546. The van der Waals surface area contributed by atoms with E-state index in [2.05, 4.69) is 9.84 Å². The van der Waals surface area contributed by atoms with Gasteiger partial charge in [0.25, 0.3) is 5.91 Å². The fraction of sp³-hybridized carbons (Fsp3) is 0.214. The van der Waals surface area contributed by atoms with Crippen molar-refractivity contribution in [1.82, 2.24) is 5.32 Å². The fourth-order valence-corrected chi connectivity index (χ4v) is 2.26. The van der Waals surface area contributed by atoms with Gasteiger partial charge in [0.05, 0.1) is 6.61 Å². The van der Waals surface area contributed by atoms with Crippen LogP contribution in [-0.2, 0) is 9.09 Å². The molecule has 0 radical (unpaired) electrons. The number of carbonyl (C=O) groups is 1. The van der Waals surface area contributed by atoms with E-state index in [4.69, 9.17) is 9.79 Å². The monoisotopic (exact) mass is 309 g/mol. The molecule has 2 aromatic rings. The van der Waals surface area contributed by atoms with Crippen molar-refractivity contribution < 1.29 is 23.7 Å². The Hall–Kier alpha value is -1.72. The standard InChI is InChI=1S/C14H16NO5P/c16-14(15-8-3-9-20-21(17,18)19)13-7-6-11-4-1-2-5-12(11)10-13/h1-2,4-7,10H,3,8-9H2,(H,15,16)(H2,17,18,19). The number of phosphoric acid groups is 1. The van der Waals surface area contributed by atoms with Crippen LogP contribution in [0.25, 0.3) is 10.8 Å². The number of rotatable bonds is 6. The van der Waals surface area contributed by atoms with E-state index in [1.165, 1.54) is 0 Å². The Morgan fingerprint density at radius 2 is 1.86 bits per heavy atom. The molecule has 112 valence electrons. The van der Waals surface area contributed by atoms with Crippen molar-refractivity contribution in [3.8, 4) is 0 Å². The molecule has 0 aromatic heterocycles. The van der Waals surface area contributed by atoms with Crippen LogP contribution in [0, 0.1) is 0 Å². The third kappa shape index (κ3) is 4.95. The number of nitrogens with one attached hydrogen (secondary N) is 1. The van der Waals surface area contributed by atoms with E-state index in [1.54, 1.807) is 12.1 Å². The molecule has 0 fully saturated rings. The first-order chi connectivity index (χ1) is 9.96. The Bertz CT molecular complexity index is 682. The predicted molar refractivity (Wildman–Crippen MR) is 78.9 cm³/mol. The molecule has 0 saturated carbocycles. The van der Waals surface area contributed by atoms with Crippen LogP contribution in [0.1, 0.15) is 16.8 Å². The second kappa shape index (κ2) is 6.83. The molecule has 0 bridgehead atoms. The zero-order valence-corrected chi connectivity index (χ0v) is 12.1. The minimum absolute atomic E-state index is 0.109. The molecule has 0 aliphatic rings. The van der Waals surface area contributed by atoms with Gasteiger partial charge in [-0.05, 0) is 29.3 Å². The topological polar surface area (TPSA) is 95.9 Å². The van der Waals surface area contributed by atoms with Crippen molar-refractivity contribution in [2.45, 2.75) is 6.42 Å². The summed E-state index contributed by atoms with van der Waals surface area (Å²) in [6.45, 7) is 0.175. The quantitative estimate of drug-likeness (QED) is 0.561. The first-order valence-electron chi connectivity index (χ1n) is 6.43. The lowest BCUT2D eigenvalue weighted by Gasteiger charge is -2.07. The van der Waals surface area contributed by atoms with E-state index in [9.17, 15) is 9.36 Å². The Labute approximate surface area is 122 Å². The summed E-state index contributed by atoms with van der Waals surface area (Å²) >= 11 is 0. The molecule has 0 aliphatic carbocycles. The molecule has 1 amide bonds. The van der Waals surface area contributed by atoms with Gasteiger partial charge in [-0.25, -0.2) is 4.57 Å². The largest absolute Gasteiger partial charge is 0.469 e. The lowest BCUT2D eigenvalue weighted by Crippen LogP contribution is -2.25. The maximum absolute atomic E-state index is 11.9. The van der Waals surface area contributed by atoms with Gasteiger partial charge in [-0.3, -0.25) is 9.32 Å². The van der Waals surface area contributed by atoms with Crippen LogP contribution < -0.4 is 5.32 Å². The van der Waals surface area contributed by atoms with Gasteiger partial charge in [0.2, 0.25) is 0 Å². The van der Waals surface area contributed by atoms with Crippen molar-refractivity contribution in [3.63, 3.8) is 0 Å². The molecule has 6 nitrogen and oxygen atoms in total. The minimum Gasteiger partial charge on any atom is -0.352 e. The molecule has 0 saturated heterocycles. The van der Waals surface area contributed by atoms with Gasteiger partial charge in [-0.1, -0.05) is 30.3 Å². The normalized spacial score (nSPS) is 11.5. The van der Waals surface area contributed by atoms with Crippen LogP contribution in [0.5, 0.6) is 0 Å². The first-order valence-corrected chi connectivity index (χ1v) is 7.96. The number of hydrogen-bond donors (Lipinski definition) is 3. The van der Waals surface area contributed by atoms with E-state index in [0.29, 0.717) is 12.0 Å². The summed E-state index contributed by atoms with van der Waals surface area (Å²) in [7, 11) is -4.43. The molecule has 7 heteroatoms. The maximum atomic E-state index is 11.9. The number of hydrogen-bond acceptors (Lipinski definition) is 3. The average molecular weight is 309 g/mol. The van der Waals surface area contributed by atoms with Crippen LogP contribution in [0.4, 0.5) is 0 Å². The van der Waals surface area contributed by atoms with Gasteiger partial charge in [0, 0.05) is 12.1 Å². The zero-order chi connectivity index (χ0) is 15.3. The highest BCUT2D eigenvalue weighted by Gasteiger charge is 2.12. The van der Waals surface area contributed by atoms with Gasteiger partial charge in [-0.15, -0.1) is 0 Å². The summed E-state index contributed by atoms with van der Waals surface area (Å²) in [5.74, 6) is -0.225. The maximum Gasteiger partial charge on any atom is 0.469 e. The van der Waals surface area contributed by atoms with E-state index >= 15 is 0 Å². The molecule has 3 N–H and O–H groups in total. The van der Waals surface area contributed by atoms with Crippen LogP contribution in [0.2, 0.25) is 0 Å². The second-order valence-corrected chi connectivity index (χ2v) is 5.73. The first kappa shape index (κ1) is 15.7. The molecule has 0 atom stereocenters. The van der Waals surface area contributed by atoms with Crippen molar-refractivity contribution in [2.24, 2.45) is 0 Å². The van der Waals surface area contributed by atoms with Gasteiger partial charge in [-0.2, -0.15) is 0 Å². The van der Waals surface area contributed by atoms with Crippen molar-refractivity contribution in [1.29, 1.82) is 0 Å². The van der Waals surface area contributed by atoms with Crippen molar-refractivity contribution in [2.75, 3.05) is 13.2 Å². The average Bonchev–Trinajstić information content (AvgIpc) is 2.45. The Balaban J connectivity index is 1.86. The van der Waals surface area contributed by atoms with Crippen LogP contribution >= 0.6 is 7.82 Å². The van der Waals surface area contributed by atoms with Crippen molar-refractivity contribution >= 4 is 24.5 Å². The molecule has 21 heavy (non-hydrogen) atoms. The highest BCUT2D eigenvalue weighted by molar-refractivity contribution is 7.46. The summed E-state index contributed by atoms with van der Waals surface area (Å²) in [6, 6.07) is 13.2. The van der Waals surface area contributed by atoms with Crippen LogP contribution in [0.3, 0.4) is 0 Å². The molecule has 2 aromatic carbocycles. The molecule has 0 aliphatic heterocycles. The van der Waals surface area contributed by atoms with E-state index in [0.717, 1.165) is 10.8 Å². The van der Waals surface area contributed by atoms with Gasteiger partial charge in [0.1, 0.15) is 0 Å². The summed E-state index contributed by atoms with van der Waals surface area (Å²) < 4.78 is 14.7. The number of amides is 1. The second-order valence-electron chi connectivity index (χ2n) is 4.50. The van der Waals surface area contributed by atoms with Crippen LogP contribution in [0.15, 0.2) is 42.5 Å². The fourth-order valence-electron chi connectivity index (χ4n) is 1.89. The summed E-state index contributed by atoms with van der Waals surface area (Å²) in [6.07, 6.45) is 0.324. The van der Waals surface area contributed by atoms with E-state index in [-0.39, 0.29) is 19.1 Å².